The zero-order chi connectivity index (χ0) is 16.8. The van der Waals surface area contributed by atoms with E-state index in [1.54, 1.807) is 0 Å². The second-order valence-electron chi connectivity index (χ2n) is 5.68. The Bertz CT molecular complexity index is 786. The molecule has 3 rings (SSSR count). The van der Waals surface area contributed by atoms with Crippen molar-refractivity contribution in [3.8, 4) is 0 Å². The molecule has 0 spiro atoms. The largest absolute Gasteiger partial charge is 0.310 e. The van der Waals surface area contributed by atoms with Gasteiger partial charge in [-0.25, -0.2) is 13.1 Å². The molecule has 0 saturated carbocycles. The second kappa shape index (κ2) is 6.59. The van der Waals surface area contributed by atoms with Crippen molar-refractivity contribution in [3.63, 3.8) is 0 Å². The van der Waals surface area contributed by atoms with E-state index in [1.165, 1.54) is 0 Å². The Balaban J connectivity index is 0.00000208. The lowest BCUT2D eigenvalue weighted by Gasteiger charge is -2.21. The number of hydrogen-bond donors (Lipinski definition) is 2. The number of sulfonamides is 1. The standard InChI is InChI=1S/C12H14N4O6S.ClH/c17-15(18)8-2-4-12(11(6-8)16(19)20)23(21,22)14-10-5-7-1-3-9(10)13-7;/h2,4,6-7,9-10,13-14H,1,3,5H2;1H/t7-,9+,10-;/m1./s1. The summed E-state index contributed by atoms with van der Waals surface area (Å²) in [4.78, 5) is 19.5. The number of rotatable bonds is 5. The van der Waals surface area contributed by atoms with Crippen molar-refractivity contribution in [2.45, 2.75) is 42.3 Å². The van der Waals surface area contributed by atoms with Gasteiger partial charge >= 0.3 is 0 Å². The molecule has 1 aromatic carbocycles. The smallest absolute Gasteiger partial charge is 0.296 e. The van der Waals surface area contributed by atoms with Crippen molar-refractivity contribution in [1.29, 1.82) is 0 Å². The van der Waals surface area contributed by atoms with Crippen LogP contribution in [-0.2, 0) is 10.0 Å². The number of nitrogens with one attached hydrogen (secondary N) is 2. The number of hydrogen-bond acceptors (Lipinski definition) is 7. The van der Waals surface area contributed by atoms with Crippen LogP contribution in [0.15, 0.2) is 23.1 Å². The molecule has 12 heteroatoms. The summed E-state index contributed by atoms with van der Waals surface area (Å²) in [7, 11) is -4.14. The minimum absolute atomic E-state index is 0. The van der Waals surface area contributed by atoms with Gasteiger partial charge in [0.2, 0.25) is 10.0 Å². The number of nitro benzene ring substituents is 2. The highest BCUT2D eigenvalue weighted by molar-refractivity contribution is 7.89. The van der Waals surface area contributed by atoms with Gasteiger partial charge in [0.1, 0.15) is 0 Å². The third-order valence-corrected chi connectivity index (χ3v) is 5.78. The normalized spacial score (nSPS) is 25.2. The molecular formula is C12H15ClN4O6S. The van der Waals surface area contributed by atoms with Crippen LogP contribution in [0.25, 0.3) is 0 Å². The van der Waals surface area contributed by atoms with Gasteiger partial charge in [-0.3, -0.25) is 20.2 Å². The van der Waals surface area contributed by atoms with E-state index in [9.17, 15) is 28.6 Å². The average molecular weight is 379 g/mol. The zero-order valence-electron chi connectivity index (χ0n) is 12.2. The molecule has 10 nitrogen and oxygen atoms in total. The van der Waals surface area contributed by atoms with E-state index in [2.05, 4.69) is 10.0 Å². The topological polar surface area (TPSA) is 144 Å². The van der Waals surface area contributed by atoms with E-state index >= 15 is 0 Å². The van der Waals surface area contributed by atoms with Gasteiger partial charge < -0.3 is 5.32 Å². The lowest BCUT2D eigenvalue weighted by Crippen LogP contribution is -2.42. The van der Waals surface area contributed by atoms with E-state index in [1.807, 2.05) is 0 Å². The summed E-state index contributed by atoms with van der Waals surface area (Å²) in [6, 6.07) is 2.47. The monoisotopic (exact) mass is 378 g/mol. The quantitative estimate of drug-likeness (QED) is 0.576. The van der Waals surface area contributed by atoms with E-state index in [0.29, 0.717) is 12.5 Å². The van der Waals surface area contributed by atoms with Crippen LogP contribution >= 0.6 is 12.4 Å². The van der Waals surface area contributed by atoms with Crippen molar-refractivity contribution in [2.24, 2.45) is 0 Å². The van der Waals surface area contributed by atoms with E-state index < -0.39 is 36.1 Å². The summed E-state index contributed by atoms with van der Waals surface area (Å²) in [5.41, 5.74) is -1.33. The lowest BCUT2D eigenvalue weighted by molar-refractivity contribution is -0.396. The zero-order valence-corrected chi connectivity index (χ0v) is 13.9. The lowest BCUT2D eigenvalue weighted by atomic mass is 9.96. The maximum Gasteiger partial charge on any atom is 0.296 e. The SMILES string of the molecule is Cl.O=[N+]([O-])c1ccc(S(=O)(=O)N[C@@H]2C[C@H]3CC[C@@H]2N3)c([N+](=O)[O-])c1. The van der Waals surface area contributed by atoms with E-state index in [0.717, 1.165) is 25.0 Å². The molecule has 2 heterocycles. The first-order valence-electron chi connectivity index (χ1n) is 6.99. The van der Waals surface area contributed by atoms with Crippen molar-refractivity contribution < 1.29 is 18.3 Å². The molecule has 2 fully saturated rings. The molecule has 2 saturated heterocycles. The number of non-ortho nitro benzene ring substituents is 1. The maximum absolute atomic E-state index is 12.5. The van der Waals surface area contributed by atoms with Crippen LogP contribution in [0.1, 0.15) is 19.3 Å². The summed E-state index contributed by atoms with van der Waals surface area (Å²) in [6.07, 6.45) is 2.46. The molecule has 2 bridgehead atoms. The van der Waals surface area contributed by atoms with Crippen LogP contribution in [0.4, 0.5) is 11.4 Å². The van der Waals surface area contributed by atoms with E-state index in [4.69, 9.17) is 0 Å². The van der Waals surface area contributed by atoms with Gasteiger partial charge in [0, 0.05) is 24.2 Å². The summed E-state index contributed by atoms with van der Waals surface area (Å²) in [6.45, 7) is 0. The molecule has 2 aliphatic heterocycles. The first-order valence-corrected chi connectivity index (χ1v) is 8.47. The molecular weight excluding hydrogens is 364 g/mol. The van der Waals surface area contributed by atoms with Crippen LogP contribution in [0.2, 0.25) is 0 Å². The molecule has 0 amide bonds. The summed E-state index contributed by atoms with van der Waals surface area (Å²) < 4.78 is 27.4. The fraction of sp³-hybridized carbons (Fsp3) is 0.500. The highest BCUT2D eigenvalue weighted by atomic mass is 35.5. The molecule has 3 atom stereocenters. The van der Waals surface area contributed by atoms with Crippen molar-refractivity contribution in [3.05, 3.63) is 38.4 Å². The Morgan fingerprint density at radius 1 is 1.17 bits per heavy atom. The Hall–Kier alpha value is -1.82. The molecule has 0 unspecified atom stereocenters. The van der Waals surface area contributed by atoms with Crippen LogP contribution in [0.3, 0.4) is 0 Å². The average Bonchev–Trinajstić information content (AvgIpc) is 3.08. The van der Waals surface area contributed by atoms with Crippen LogP contribution in [-0.4, -0.2) is 36.4 Å². The predicted octanol–water partition coefficient (Wildman–Crippen LogP) is 1.10. The Labute approximate surface area is 143 Å². The van der Waals surface area contributed by atoms with E-state index in [-0.39, 0.29) is 30.5 Å². The Morgan fingerprint density at radius 2 is 1.88 bits per heavy atom. The minimum Gasteiger partial charge on any atom is -0.310 e. The number of nitrogens with zero attached hydrogens (tertiary/aromatic N) is 2. The first-order chi connectivity index (χ1) is 10.8. The van der Waals surface area contributed by atoms with Gasteiger partial charge in [-0.1, -0.05) is 0 Å². The molecule has 2 N–H and O–H groups in total. The minimum atomic E-state index is -4.14. The van der Waals surface area contributed by atoms with Crippen LogP contribution in [0, 0.1) is 20.2 Å². The highest BCUT2D eigenvalue weighted by Crippen LogP contribution is 2.32. The van der Waals surface area contributed by atoms with Crippen LogP contribution < -0.4 is 10.0 Å². The van der Waals surface area contributed by atoms with Gasteiger partial charge in [0.15, 0.2) is 4.90 Å². The summed E-state index contributed by atoms with van der Waals surface area (Å²) in [5, 5.41) is 25.1. The molecule has 132 valence electrons. The molecule has 1 aromatic rings. The molecule has 24 heavy (non-hydrogen) atoms. The summed E-state index contributed by atoms with van der Waals surface area (Å²) in [5.74, 6) is 0. The second-order valence-corrected chi connectivity index (χ2v) is 7.36. The number of benzene rings is 1. The molecule has 0 radical (unpaired) electrons. The predicted molar refractivity (Wildman–Crippen MR) is 85.7 cm³/mol. The Kier molecular flexibility index (Phi) is 5.08. The van der Waals surface area contributed by atoms with Gasteiger partial charge in [0.05, 0.1) is 15.9 Å². The third kappa shape index (κ3) is 3.34. The van der Waals surface area contributed by atoms with Crippen molar-refractivity contribution >= 4 is 33.8 Å². The summed E-state index contributed by atoms with van der Waals surface area (Å²) >= 11 is 0. The number of fused-ring (bicyclic) bond motifs is 2. The molecule has 0 aromatic heterocycles. The van der Waals surface area contributed by atoms with Gasteiger partial charge in [0.25, 0.3) is 11.4 Å². The van der Waals surface area contributed by atoms with Gasteiger partial charge in [-0.15, -0.1) is 12.4 Å². The fourth-order valence-electron chi connectivity index (χ4n) is 3.21. The maximum atomic E-state index is 12.5. The fourth-order valence-corrected chi connectivity index (χ4v) is 4.65. The third-order valence-electron chi connectivity index (χ3n) is 4.25. The Morgan fingerprint density at radius 3 is 2.38 bits per heavy atom. The van der Waals surface area contributed by atoms with Crippen LogP contribution in [0.5, 0.6) is 0 Å². The number of nitro groups is 2. The van der Waals surface area contributed by atoms with Gasteiger partial charge in [-0.2, -0.15) is 0 Å². The highest BCUT2D eigenvalue weighted by Gasteiger charge is 2.42. The van der Waals surface area contributed by atoms with Gasteiger partial charge in [-0.05, 0) is 25.3 Å². The first kappa shape index (κ1) is 18.5. The van der Waals surface area contributed by atoms with Crippen molar-refractivity contribution in [1.82, 2.24) is 10.0 Å². The van der Waals surface area contributed by atoms with Crippen molar-refractivity contribution in [2.75, 3.05) is 0 Å². The molecule has 0 aliphatic carbocycles. The number of halogens is 1. The molecule has 2 aliphatic rings.